The Morgan fingerprint density at radius 3 is 2.86 bits per heavy atom. The molecule has 1 atom stereocenters. The molecule has 1 heterocycles. The van der Waals surface area contributed by atoms with E-state index in [2.05, 4.69) is 15.6 Å². The number of halogens is 2. The van der Waals surface area contributed by atoms with Gasteiger partial charge in [-0.2, -0.15) is 0 Å². The van der Waals surface area contributed by atoms with Crippen LogP contribution < -0.4 is 10.6 Å². The molecule has 160 valence electrons. The van der Waals surface area contributed by atoms with Crippen LogP contribution in [0.4, 0.5) is 4.39 Å². The van der Waals surface area contributed by atoms with Crippen molar-refractivity contribution < 1.29 is 13.9 Å². The lowest BCUT2D eigenvalue weighted by Gasteiger charge is -2.14. The molecule has 0 aliphatic carbocycles. The minimum atomic E-state index is -0.169. The lowest BCUT2D eigenvalue weighted by atomic mass is 10.1. The first-order chi connectivity index (χ1) is 13.1. The van der Waals surface area contributed by atoms with Crippen molar-refractivity contribution in [2.24, 2.45) is 4.99 Å². The molecule has 28 heavy (non-hydrogen) atoms. The molecule has 0 saturated carbocycles. The molecule has 8 heteroatoms. The average molecular weight is 508 g/mol. The Hall–Kier alpha value is -0.970. The summed E-state index contributed by atoms with van der Waals surface area (Å²) in [5.41, 5.74) is 1.72. The fourth-order valence-corrected chi connectivity index (χ4v) is 2.98. The fourth-order valence-electron chi connectivity index (χ4n) is 2.98. The first-order valence-corrected chi connectivity index (χ1v) is 9.64. The van der Waals surface area contributed by atoms with E-state index in [4.69, 9.17) is 9.47 Å². The molecule has 0 bridgehead atoms. The minimum Gasteiger partial charge on any atom is -0.379 e. The molecule has 1 aliphatic heterocycles. The van der Waals surface area contributed by atoms with Crippen molar-refractivity contribution in [2.45, 2.75) is 38.5 Å². The second-order valence-electron chi connectivity index (χ2n) is 7.08. The molecule has 0 radical (unpaired) electrons. The molecular weight excluding hydrogens is 474 g/mol. The van der Waals surface area contributed by atoms with E-state index in [9.17, 15) is 4.39 Å². The Morgan fingerprint density at radius 1 is 1.36 bits per heavy atom. The van der Waals surface area contributed by atoms with Gasteiger partial charge in [-0.3, -0.25) is 4.99 Å². The molecular formula is C20H34FIN4O2. The Bertz CT molecular complexity index is 596. The van der Waals surface area contributed by atoms with E-state index in [0.29, 0.717) is 31.9 Å². The summed E-state index contributed by atoms with van der Waals surface area (Å²) in [6.07, 6.45) is 3.42. The smallest absolute Gasteiger partial charge is 0.191 e. The average Bonchev–Trinajstić information content (AvgIpc) is 3.16. The number of nitrogens with zero attached hydrogens (tertiary/aromatic N) is 2. The van der Waals surface area contributed by atoms with Gasteiger partial charge < -0.3 is 25.0 Å². The first-order valence-electron chi connectivity index (χ1n) is 9.64. The molecule has 0 amide bonds. The van der Waals surface area contributed by atoms with Crippen LogP contribution in [-0.4, -0.2) is 64.5 Å². The van der Waals surface area contributed by atoms with Gasteiger partial charge in [0.25, 0.3) is 0 Å². The van der Waals surface area contributed by atoms with Crippen LogP contribution >= 0.6 is 24.0 Å². The van der Waals surface area contributed by atoms with Gasteiger partial charge >= 0.3 is 0 Å². The van der Waals surface area contributed by atoms with Crippen molar-refractivity contribution in [3.05, 3.63) is 35.1 Å². The van der Waals surface area contributed by atoms with Gasteiger partial charge in [-0.15, -0.1) is 24.0 Å². The topological polar surface area (TPSA) is 58.1 Å². The van der Waals surface area contributed by atoms with Gasteiger partial charge in [-0.05, 0) is 51.1 Å². The summed E-state index contributed by atoms with van der Waals surface area (Å²) in [5.74, 6) is 0.561. The summed E-state index contributed by atoms with van der Waals surface area (Å²) in [6.45, 7) is 4.21. The van der Waals surface area contributed by atoms with Crippen LogP contribution in [0.5, 0.6) is 0 Å². The Labute approximate surface area is 185 Å². The molecule has 1 aliphatic rings. The summed E-state index contributed by atoms with van der Waals surface area (Å²) in [7, 11) is 5.60. The molecule has 1 saturated heterocycles. The normalized spacial score (nSPS) is 16.9. The second-order valence-corrected chi connectivity index (χ2v) is 7.08. The van der Waals surface area contributed by atoms with E-state index in [1.807, 2.05) is 25.1 Å². The third-order valence-electron chi connectivity index (χ3n) is 4.37. The number of nitrogens with one attached hydrogen (secondary N) is 2. The number of aliphatic imine (C=N–C) groups is 1. The lowest BCUT2D eigenvalue weighted by Crippen LogP contribution is -2.37. The predicted octanol–water partition coefficient (Wildman–Crippen LogP) is 2.76. The van der Waals surface area contributed by atoms with Crippen molar-refractivity contribution in [3.8, 4) is 0 Å². The molecule has 0 aromatic heterocycles. The van der Waals surface area contributed by atoms with E-state index in [1.54, 1.807) is 13.1 Å². The molecule has 1 unspecified atom stereocenters. The van der Waals surface area contributed by atoms with E-state index in [0.717, 1.165) is 43.9 Å². The van der Waals surface area contributed by atoms with Crippen LogP contribution in [0.15, 0.2) is 23.2 Å². The Kier molecular flexibility index (Phi) is 12.6. The number of guanidine groups is 1. The van der Waals surface area contributed by atoms with Gasteiger partial charge in [0, 0.05) is 45.5 Å². The number of benzene rings is 1. The van der Waals surface area contributed by atoms with E-state index in [-0.39, 0.29) is 35.9 Å². The highest BCUT2D eigenvalue weighted by atomic mass is 127. The van der Waals surface area contributed by atoms with E-state index >= 15 is 0 Å². The van der Waals surface area contributed by atoms with Crippen LogP contribution in [0, 0.1) is 5.82 Å². The maximum absolute atomic E-state index is 13.9. The van der Waals surface area contributed by atoms with Crippen molar-refractivity contribution in [2.75, 3.05) is 47.5 Å². The maximum Gasteiger partial charge on any atom is 0.191 e. The van der Waals surface area contributed by atoms with Crippen LogP contribution in [0.25, 0.3) is 0 Å². The lowest BCUT2D eigenvalue weighted by molar-refractivity contribution is 0.0168. The number of hydrogen-bond acceptors (Lipinski definition) is 4. The molecule has 2 rings (SSSR count). The van der Waals surface area contributed by atoms with Crippen molar-refractivity contribution in [1.29, 1.82) is 0 Å². The van der Waals surface area contributed by atoms with Gasteiger partial charge in [-0.25, -0.2) is 4.39 Å². The van der Waals surface area contributed by atoms with Crippen LogP contribution in [0.3, 0.4) is 0 Å². The van der Waals surface area contributed by atoms with Crippen LogP contribution in [0.1, 0.15) is 30.4 Å². The SMILES string of the molecule is CN=C(NCCCOCC1CCCO1)NCc1ccc(F)c(CN(C)C)c1.I. The third-order valence-corrected chi connectivity index (χ3v) is 4.37. The highest BCUT2D eigenvalue weighted by Gasteiger charge is 2.14. The Balaban J connectivity index is 0.00000392. The maximum atomic E-state index is 13.9. The second kappa shape index (κ2) is 14.1. The fraction of sp³-hybridized carbons (Fsp3) is 0.650. The molecule has 1 fully saturated rings. The van der Waals surface area contributed by atoms with Gasteiger partial charge in [0.1, 0.15) is 5.82 Å². The van der Waals surface area contributed by atoms with E-state index in [1.165, 1.54) is 6.07 Å². The molecule has 1 aromatic carbocycles. The standard InChI is InChI=1S/C20H33FN4O2.HI/c1-22-20(23-9-5-10-26-15-18-6-4-11-27-18)24-13-16-7-8-19(21)17(12-16)14-25(2)3;/h7-8,12,18H,4-6,9-11,13-15H2,1-3H3,(H2,22,23,24);1H. The first kappa shape index (κ1) is 25.1. The van der Waals surface area contributed by atoms with Crippen LogP contribution in [0.2, 0.25) is 0 Å². The zero-order chi connectivity index (χ0) is 19.5. The van der Waals surface area contributed by atoms with Crippen molar-refractivity contribution in [1.82, 2.24) is 15.5 Å². The quantitative estimate of drug-likeness (QED) is 0.220. The predicted molar refractivity (Wildman–Crippen MR) is 122 cm³/mol. The molecule has 2 N–H and O–H groups in total. The Morgan fingerprint density at radius 2 is 2.18 bits per heavy atom. The summed E-state index contributed by atoms with van der Waals surface area (Å²) in [6, 6.07) is 5.22. The highest BCUT2D eigenvalue weighted by Crippen LogP contribution is 2.13. The molecule has 1 aromatic rings. The third kappa shape index (κ3) is 9.49. The number of ether oxygens (including phenoxy) is 2. The summed E-state index contributed by atoms with van der Waals surface area (Å²) < 4.78 is 25.0. The highest BCUT2D eigenvalue weighted by molar-refractivity contribution is 14.0. The van der Waals surface area contributed by atoms with Crippen molar-refractivity contribution in [3.63, 3.8) is 0 Å². The summed E-state index contributed by atoms with van der Waals surface area (Å²) >= 11 is 0. The zero-order valence-electron chi connectivity index (χ0n) is 17.2. The number of rotatable bonds is 10. The van der Waals surface area contributed by atoms with Gasteiger partial charge in [0.05, 0.1) is 12.7 Å². The largest absolute Gasteiger partial charge is 0.379 e. The minimum absolute atomic E-state index is 0. The van der Waals surface area contributed by atoms with Gasteiger partial charge in [0.15, 0.2) is 5.96 Å². The van der Waals surface area contributed by atoms with Crippen LogP contribution in [-0.2, 0) is 22.6 Å². The summed E-state index contributed by atoms with van der Waals surface area (Å²) in [4.78, 5) is 6.18. The summed E-state index contributed by atoms with van der Waals surface area (Å²) in [5, 5.41) is 6.54. The monoisotopic (exact) mass is 508 g/mol. The van der Waals surface area contributed by atoms with E-state index < -0.39 is 0 Å². The molecule has 6 nitrogen and oxygen atoms in total. The zero-order valence-corrected chi connectivity index (χ0v) is 19.5. The molecule has 0 spiro atoms. The van der Waals surface area contributed by atoms with Gasteiger partial charge in [0.2, 0.25) is 0 Å². The number of hydrogen-bond donors (Lipinski definition) is 2. The van der Waals surface area contributed by atoms with Gasteiger partial charge in [-0.1, -0.05) is 6.07 Å². The van der Waals surface area contributed by atoms with Crippen molar-refractivity contribution >= 4 is 29.9 Å².